The molecule has 2 heteroatoms. The van der Waals surface area contributed by atoms with Gasteiger partial charge in [-0.15, -0.1) is 11.8 Å². The fourth-order valence-corrected chi connectivity index (χ4v) is 19.1. The number of rotatable bonds is 9. The van der Waals surface area contributed by atoms with Gasteiger partial charge in [-0.1, -0.05) is 106 Å². The van der Waals surface area contributed by atoms with E-state index in [9.17, 15) is 0 Å². The van der Waals surface area contributed by atoms with Gasteiger partial charge in [-0.25, -0.2) is 0 Å². The van der Waals surface area contributed by atoms with Gasteiger partial charge in [-0.2, -0.15) is 0 Å². The van der Waals surface area contributed by atoms with Crippen molar-refractivity contribution in [2.75, 3.05) is 0 Å². The molecule has 0 saturated heterocycles. The van der Waals surface area contributed by atoms with Crippen molar-refractivity contribution in [2.24, 2.45) is 70.3 Å². The van der Waals surface area contributed by atoms with Crippen molar-refractivity contribution in [1.29, 1.82) is 0 Å². The Morgan fingerprint density at radius 3 is 2.45 bits per heavy atom. The van der Waals surface area contributed by atoms with Crippen LogP contribution in [0.4, 0.5) is 0 Å². The Morgan fingerprint density at radius 1 is 0.707 bits per heavy atom. The number of nitrogens with two attached hydrogens (primary N) is 1. The molecule has 0 aromatic rings. The molecular weight excluding hydrogens is 719 g/mol. The van der Waals surface area contributed by atoms with Crippen LogP contribution in [0.25, 0.3) is 0 Å². The normalized spacial score (nSPS) is 41.0. The summed E-state index contributed by atoms with van der Waals surface area (Å²) in [6.07, 6.45) is 59.3. The highest BCUT2D eigenvalue weighted by atomic mass is 32.2. The minimum absolute atomic E-state index is 0.368. The van der Waals surface area contributed by atoms with Crippen LogP contribution in [-0.4, -0.2) is 11.3 Å². The zero-order valence-corrected chi connectivity index (χ0v) is 37.3. The number of allylic oxidation sites excluding steroid dienone is 12. The molecule has 12 atom stereocenters. The summed E-state index contributed by atoms with van der Waals surface area (Å²) in [5, 5.41) is 0.676. The number of hydrogen-bond donors (Lipinski definition) is 1. The lowest BCUT2D eigenvalue weighted by Crippen LogP contribution is -2.48. The Balaban J connectivity index is 0.862. The topological polar surface area (TPSA) is 26.0 Å². The molecule has 12 unspecified atom stereocenters. The fraction of sp³-hybridized carbons (Fsp3) is 0.750. The SMILES string of the molecule is NC(CC(CCC1CCC2C3=C(CCC4=C3CCC=C4)C(C3CC=CCC3)(C3CCCCC3)C2C1)C1CCCC2CCCCC21)C1CC=C2C3=C(C=CCC3)SC2C1. The molecule has 1 aliphatic heterocycles. The number of fused-ring (bicyclic) bond motifs is 6. The van der Waals surface area contributed by atoms with Gasteiger partial charge in [0.15, 0.2) is 0 Å². The van der Waals surface area contributed by atoms with Crippen LogP contribution in [0.1, 0.15) is 186 Å². The molecule has 4 fully saturated rings. The molecule has 0 aromatic carbocycles. The average molecular weight is 798 g/mol. The second kappa shape index (κ2) is 17.0. The van der Waals surface area contributed by atoms with E-state index in [0.717, 1.165) is 53.3 Å². The summed E-state index contributed by atoms with van der Waals surface area (Å²) in [5.41, 5.74) is 19.2. The maximum atomic E-state index is 7.57. The smallest absolute Gasteiger partial charge is 0.0347 e. The third-order valence-electron chi connectivity index (χ3n) is 19.9. The van der Waals surface area contributed by atoms with E-state index in [1.165, 1.54) is 180 Å². The van der Waals surface area contributed by atoms with Gasteiger partial charge in [0.2, 0.25) is 0 Å². The average Bonchev–Trinajstić information content (AvgIpc) is 3.81. The minimum atomic E-state index is 0.368. The van der Waals surface area contributed by atoms with Gasteiger partial charge in [0.25, 0.3) is 0 Å². The Labute approximate surface area is 358 Å². The van der Waals surface area contributed by atoms with Crippen LogP contribution in [-0.2, 0) is 0 Å². The monoisotopic (exact) mass is 798 g/mol. The first-order valence-corrected chi connectivity index (χ1v) is 26.8. The summed E-state index contributed by atoms with van der Waals surface area (Å²) < 4.78 is 0. The van der Waals surface area contributed by atoms with Gasteiger partial charge in [0, 0.05) is 21.6 Å². The van der Waals surface area contributed by atoms with Crippen molar-refractivity contribution in [1.82, 2.24) is 0 Å². The largest absolute Gasteiger partial charge is 0.327 e. The first kappa shape index (κ1) is 39.3. The van der Waals surface area contributed by atoms with Gasteiger partial charge in [0.05, 0.1) is 0 Å². The molecule has 314 valence electrons. The van der Waals surface area contributed by atoms with Gasteiger partial charge in [0.1, 0.15) is 0 Å². The molecule has 10 aliphatic carbocycles. The predicted molar refractivity (Wildman–Crippen MR) is 247 cm³/mol. The molecule has 11 rings (SSSR count). The Bertz CT molecular complexity index is 1760. The van der Waals surface area contributed by atoms with E-state index in [2.05, 4.69) is 59.9 Å². The second-order valence-corrected chi connectivity index (χ2v) is 23.5. The molecular formula is C56H79NS. The summed E-state index contributed by atoms with van der Waals surface area (Å²) >= 11 is 2.19. The van der Waals surface area contributed by atoms with E-state index in [4.69, 9.17) is 5.73 Å². The highest BCUT2D eigenvalue weighted by Crippen LogP contribution is 2.71. The summed E-state index contributed by atoms with van der Waals surface area (Å²) in [6, 6.07) is 0.368. The standard InChI is InChI=1S/C56H79NS/c57-52(41-29-32-48-47-23-11-12-25-53(47)58-54(48)36-41)35-40(45-24-13-16-38-14-7-9-21-44(38)45)28-26-37-27-31-49-51(34-37)56(42-17-3-1-4-18-42,43-19-5-2-6-20-43)50-33-30-39-15-8-10-22-46(39)55(49)50/h1,3,8,12,15,25,32,37-38,40-45,49,51-52,54H,2,4-7,9-11,13-14,16-24,26-31,33-36,57H2. The van der Waals surface area contributed by atoms with E-state index in [-0.39, 0.29) is 0 Å². The second-order valence-electron chi connectivity index (χ2n) is 22.3. The van der Waals surface area contributed by atoms with E-state index in [1.54, 1.807) is 28.0 Å². The highest BCUT2D eigenvalue weighted by Gasteiger charge is 2.61. The number of thioether (sulfide) groups is 1. The van der Waals surface area contributed by atoms with Crippen LogP contribution in [0, 0.1) is 64.6 Å². The molecule has 0 amide bonds. The molecule has 0 aromatic heterocycles. The minimum Gasteiger partial charge on any atom is -0.327 e. The molecule has 0 bridgehead atoms. The fourth-order valence-electron chi connectivity index (χ4n) is 17.5. The van der Waals surface area contributed by atoms with E-state index in [1.807, 2.05) is 11.1 Å². The molecule has 0 spiro atoms. The van der Waals surface area contributed by atoms with Gasteiger partial charge < -0.3 is 5.73 Å². The Kier molecular flexibility index (Phi) is 11.5. The van der Waals surface area contributed by atoms with Gasteiger partial charge in [-0.05, 0) is 215 Å². The third kappa shape index (κ3) is 6.98. The quantitative estimate of drug-likeness (QED) is 0.235. The van der Waals surface area contributed by atoms with E-state index < -0.39 is 0 Å². The van der Waals surface area contributed by atoms with Crippen LogP contribution < -0.4 is 5.73 Å². The van der Waals surface area contributed by atoms with Gasteiger partial charge >= 0.3 is 0 Å². The van der Waals surface area contributed by atoms with E-state index >= 15 is 0 Å². The van der Waals surface area contributed by atoms with Crippen molar-refractivity contribution in [3.8, 4) is 0 Å². The summed E-state index contributed by atoms with van der Waals surface area (Å²) in [7, 11) is 0. The molecule has 58 heavy (non-hydrogen) atoms. The first-order chi connectivity index (χ1) is 28.7. The van der Waals surface area contributed by atoms with E-state index in [0.29, 0.717) is 22.6 Å². The Hall–Kier alpha value is -1.51. The predicted octanol–water partition coefficient (Wildman–Crippen LogP) is 15.5. The first-order valence-electron chi connectivity index (χ1n) is 26.0. The Morgan fingerprint density at radius 2 is 1.55 bits per heavy atom. The number of hydrogen-bond acceptors (Lipinski definition) is 2. The van der Waals surface area contributed by atoms with Gasteiger partial charge in [-0.3, -0.25) is 0 Å². The molecule has 11 aliphatic rings. The van der Waals surface area contributed by atoms with Crippen molar-refractivity contribution < 1.29 is 0 Å². The zero-order valence-electron chi connectivity index (χ0n) is 36.5. The van der Waals surface area contributed by atoms with Crippen LogP contribution in [0.3, 0.4) is 0 Å². The summed E-state index contributed by atoms with van der Waals surface area (Å²) in [4.78, 5) is 1.59. The maximum absolute atomic E-state index is 7.57. The van der Waals surface area contributed by atoms with Crippen LogP contribution in [0.2, 0.25) is 0 Å². The summed E-state index contributed by atoms with van der Waals surface area (Å²) in [5.74, 6) is 8.99. The van der Waals surface area contributed by atoms with Crippen LogP contribution in [0.5, 0.6) is 0 Å². The molecule has 1 nitrogen and oxygen atoms in total. The third-order valence-corrected chi connectivity index (χ3v) is 21.2. The maximum Gasteiger partial charge on any atom is 0.0347 e. The molecule has 2 N–H and O–H groups in total. The van der Waals surface area contributed by atoms with Crippen molar-refractivity contribution >= 4 is 11.8 Å². The van der Waals surface area contributed by atoms with Crippen LogP contribution in [0.15, 0.2) is 80.9 Å². The van der Waals surface area contributed by atoms with Crippen molar-refractivity contribution in [3.05, 3.63) is 80.9 Å². The molecule has 4 saturated carbocycles. The van der Waals surface area contributed by atoms with Crippen molar-refractivity contribution in [3.63, 3.8) is 0 Å². The lowest BCUT2D eigenvalue weighted by atomic mass is 9.49. The lowest BCUT2D eigenvalue weighted by Gasteiger charge is -2.55. The molecule has 0 radical (unpaired) electrons. The molecule has 1 heterocycles. The summed E-state index contributed by atoms with van der Waals surface area (Å²) in [6.45, 7) is 0. The zero-order chi connectivity index (χ0) is 38.6. The van der Waals surface area contributed by atoms with Crippen molar-refractivity contribution in [2.45, 2.75) is 197 Å². The van der Waals surface area contributed by atoms with Crippen LogP contribution >= 0.6 is 11.8 Å². The highest BCUT2D eigenvalue weighted by molar-refractivity contribution is 8.04. The lowest BCUT2D eigenvalue weighted by molar-refractivity contribution is -0.0213.